The largest absolute Gasteiger partial charge is 0.393 e. The normalized spacial score (nSPS) is 15.9. The number of halogens is 1. The van der Waals surface area contributed by atoms with E-state index in [4.69, 9.17) is 5.73 Å². The molecule has 4 N–H and O–H groups in total. The van der Waals surface area contributed by atoms with E-state index in [9.17, 15) is 0 Å². The summed E-state index contributed by atoms with van der Waals surface area (Å²) in [4.78, 5) is 8.59. The van der Waals surface area contributed by atoms with Crippen molar-refractivity contribution in [3.63, 3.8) is 0 Å². The van der Waals surface area contributed by atoms with E-state index in [0.29, 0.717) is 17.5 Å². The molecule has 3 rings (SSSR count). The molecule has 0 aliphatic heterocycles. The molecule has 1 aromatic heterocycles. The van der Waals surface area contributed by atoms with Crippen LogP contribution in [0.2, 0.25) is 0 Å². The van der Waals surface area contributed by atoms with Crippen LogP contribution in [-0.2, 0) is 0 Å². The number of anilines is 4. The van der Waals surface area contributed by atoms with Crippen molar-refractivity contribution in [2.24, 2.45) is 0 Å². The molecule has 1 saturated carbocycles. The van der Waals surface area contributed by atoms with Crippen LogP contribution >= 0.6 is 15.9 Å². The molecule has 0 radical (unpaired) electrons. The number of benzene rings is 1. The van der Waals surface area contributed by atoms with Gasteiger partial charge in [-0.3, -0.25) is 0 Å². The molecule has 0 bridgehead atoms. The highest BCUT2D eigenvalue weighted by Crippen LogP contribution is 2.28. The molecular weight excluding hydrogens is 354 g/mol. The second-order valence-electron chi connectivity index (χ2n) is 5.95. The Bertz CT molecular complexity index is 636. The SMILES string of the molecule is Nc1c(Nc2ccc(Br)cc2)ncnc1NC1CCCCCC1. The van der Waals surface area contributed by atoms with Crippen LogP contribution in [-0.4, -0.2) is 16.0 Å². The lowest BCUT2D eigenvalue weighted by atomic mass is 10.1. The maximum atomic E-state index is 6.26. The van der Waals surface area contributed by atoms with E-state index in [1.807, 2.05) is 24.3 Å². The highest BCUT2D eigenvalue weighted by molar-refractivity contribution is 9.10. The average molecular weight is 376 g/mol. The number of nitrogen functional groups attached to an aromatic ring is 1. The fourth-order valence-electron chi connectivity index (χ4n) is 2.90. The van der Waals surface area contributed by atoms with E-state index < -0.39 is 0 Å². The van der Waals surface area contributed by atoms with Crippen LogP contribution in [0.3, 0.4) is 0 Å². The van der Waals surface area contributed by atoms with Crippen LogP contribution in [0, 0.1) is 0 Å². The first-order chi connectivity index (χ1) is 11.2. The lowest BCUT2D eigenvalue weighted by molar-refractivity contribution is 0.618. The molecule has 2 aromatic rings. The Kier molecular flexibility index (Phi) is 5.33. The van der Waals surface area contributed by atoms with E-state index in [2.05, 4.69) is 36.5 Å². The minimum absolute atomic E-state index is 0.454. The van der Waals surface area contributed by atoms with Crippen LogP contribution in [0.25, 0.3) is 0 Å². The van der Waals surface area contributed by atoms with Crippen molar-refractivity contribution in [2.45, 2.75) is 44.6 Å². The lowest BCUT2D eigenvalue weighted by Gasteiger charge is -2.19. The van der Waals surface area contributed by atoms with Crippen molar-refractivity contribution in [1.29, 1.82) is 0 Å². The zero-order valence-corrected chi connectivity index (χ0v) is 14.6. The van der Waals surface area contributed by atoms with E-state index in [0.717, 1.165) is 16.0 Å². The van der Waals surface area contributed by atoms with Crippen LogP contribution in [0.4, 0.5) is 23.0 Å². The molecule has 1 aliphatic carbocycles. The number of nitrogens with two attached hydrogens (primary N) is 1. The van der Waals surface area contributed by atoms with Crippen LogP contribution in [0.1, 0.15) is 38.5 Å². The number of nitrogens with one attached hydrogen (secondary N) is 2. The van der Waals surface area contributed by atoms with Crippen LogP contribution < -0.4 is 16.4 Å². The van der Waals surface area contributed by atoms with Gasteiger partial charge < -0.3 is 16.4 Å². The van der Waals surface area contributed by atoms with Gasteiger partial charge in [0.15, 0.2) is 11.6 Å². The van der Waals surface area contributed by atoms with E-state index >= 15 is 0 Å². The Labute approximate surface area is 145 Å². The Morgan fingerprint density at radius 2 is 1.61 bits per heavy atom. The zero-order valence-electron chi connectivity index (χ0n) is 13.1. The molecule has 0 amide bonds. The van der Waals surface area contributed by atoms with E-state index in [-0.39, 0.29) is 0 Å². The Balaban J connectivity index is 1.73. The van der Waals surface area contributed by atoms with E-state index in [1.54, 1.807) is 6.33 Å². The molecule has 1 aromatic carbocycles. The standard InChI is InChI=1S/C17H22BrN5/c18-12-7-9-14(10-8-12)23-17-15(19)16(20-11-21-17)22-13-5-3-1-2-4-6-13/h7-11,13H,1-6,19H2,(H2,20,21,22,23). The van der Waals surface area contributed by atoms with Crippen molar-refractivity contribution in [2.75, 3.05) is 16.4 Å². The molecule has 1 fully saturated rings. The highest BCUT2D eigenvalue weighted by atomic mass is 79.9. The van der Waals surface area contributed by atoms with Crippen LogP contribution in [0.15, 0.2) is 35.1 Å². The minimum Gasteiger partial charge on any atom is -0.393 e. The van der Waals surface area contributed by atoms with Gasteiger partial charge in [-0.15, -0.1) is 0 Å². The number of aromatic nitrogens is 2. The molecule has 0 spiro atoms. The first-order valence-electron chi connectivity index (χ1n) is 8.12. The van der Waals surface area contributed by atoms with Gasteiger partial charge in [-0.1, -0.05) is 41.6 Å². The van der Waals surface area contributed by atoms with Gasteiger partial charge in [0.2, 0.25) is 0 Å². The third kappa shape index (κ3) is 4.34. The summed E-state index contributed by atoms with van der Waals surface area (Å²) in [7, 11) is 0. The van der Waals surface area contributed by atoms with Gasteiger partial charge in [0.25, 0.3) is 0 Å². The number of nitrogens with zero attached hydrogens (tertiary/aromatic N) is 2. The summed E-state index contributed by atoms with van der Waals surface area (Å²) in [5.74, 6) is 1.37. The molecule has 6 heteroatoms. The van der Waals surface area contributed by atoms with Crippen molar-refractivity contribution in [1.82, 2.24) is 9.97 Å². The molecule has 5 nitrogen and oxygen atoms in total. The van der Waals surface area contributed by atoms with Crippen molar-refractivity contribution >= 4 is 38.9 Å². The summed E-state index contributed by atoms with van der Waals surface area (Å²) < 4.78 is 1.04. The lowest BCUT2D eigenvalue weighted by Crippen LogP contribution is -2.20. The quantitative estimate of drug-likeness (QED) is 0.675. The van der Waals surface area contributed by atoms with Gasteiger partial charge in [0, 0.05) is 16.2 Å². The van der Waals surface area contributed by atoms with Gasteiger partial charge in [-0.2, -0.15) is 0 Å². The highest BCUT2D eigenvalue weighted by Gasteiger charge is 2.15. The van der Waals surface area contributed by atoms with Gasteiger partial charge in [-0.25, -0.2) is 9.97 Å². The Morgan fingerprint density at radius 3 is 2.30 bits per heavy atom. The maximum Gasteiger partial charge on any atom is 0.159 e. The number of hydrogen-bond donors (Lipinski definition) is 3. The first-order valence-corrected chi connectivity index (χ1v) is 8.91. The molecule has 1 aliphatic rings. The Morgan fingerprint density at radius 1 is 0.957 bits per heavy atom. The van der Waals surface area contributed by atoms with Crippen molar-refractivity contribution in [3.05, 3.63) is 35.1 Å². The summed E-state index contributed by atoms with van der Waals surface area (Å²) in [6, 6.07) is 8.36. The van der Waals surface area contributed by atoms with Gasteiger partial charge in [0.05, 0.1) is 0 Å². The number of hydrogen-bond acceptors (Lipinski definition) is 5. The Hall–Kier alpha value is -1.82. The molecule has 1 heterocycles. The smallest absolute Gasteiger partial charge is 0.159 e. The van der Waals surface area contributed by atoms with Gasteiger partial charge >= 0.3 is 0 Å². The van der Waals surface area contributed by atoms with Gasteiger partial charge in [0.1, 0.15) is 12.0 Å². The average Bonchev–Trinajstić information content (AvgIpc) is 2.82. The van der Waals surface area contributed by atoms with Crippen molar-refractivity contribution < 1.29 is 0 Å². The first kappa shape index (κ1) is 16.1. The third-order valence-electron chi connectivity index (χ3n) is 4.19. The summed E-state index contributed by atoms with van der Waals surface area (Å²) in [6.07, 6.45) is 9.11. The molecule has 0 unspecified atom stereocenters. The summed E-state index contributed by atoms with van der Waals surface area (Å²) >= 11 is 3.43. The molecule has 0 saturated heterocycles. The molecule has 0 atom stereocenters. The second-order valence-corrected chi connectivity index (χ2v) is 6.86. The topological polar surface area (TPSA) is 75.9 Å². The van der Waals surface area contributed by atoms with Crippen molar-refractivity contribution in [3.8, 4) is 0 Å². The summed E-state index contributed by atoms with van der Waals surface area (Å²) in [5, 5.41) is 6.75. The maximum absolute atomic E-state index is 6.26. The summed E-state index contributed by atoms with van der Waals surface area (Å²) in [5.41, 5.74) is 7.77. The predicted molar refractivity (Wildman–Crippen MR) is 99.0 cm³/mol. The molecule has 122 valence electrons. The molecule has 23 heavy (non-hydrogen) atoms. The predicted octanol–water partition coefficient (Wildman–Crippen LogP) is 4.70. The third-order valence-corrected chi connectivity index (χ3v) is 4.72. The monoisotopic (exact) mass is 375 g/mol. The van der Waals surface area contributed by atoms with Crippen LogP contribution in [0.5, 0.6) is 0 Å². The summed E-state index contributed by atoms with van der Waals surface area (Å²) in [6.45, 7) is 0. The fraction of sp³-hybridized carbons (Fsp3) is 0.412. The zero-order chi connectivity index (χ0) is 16.1. The van der Waals surface area contributed by atoms with Gasteiger partial charge in [-0.05, 0) is 37.1 Å². The van der Waals surface area contributed by atoms with E-state index in [1.165, 1.54) is 38.5 Å². The second kappa shape index (κ2) is 7.64. The number of rotatable bonds is 4. The fourth-order valence-corrected chi connectivity index (χ4v) is 3.16. The minimum atomic E-state index is 0.454. The molecular formula is C17H22BrN5.